The van der Waals surface area contributed by atoms with Crippen molar-refractivity contribution in [2.45, 2.75) is 19.3 Å². The molecule has 2 aromatic rings. The molecule has 6 heteroatoms. The molecular weight excluding hydrogens is 324 g/mol. The summed E-state index contributed by atoms with van der Waals surface area (Å²) < 4.78 is 11.2. The second-order valence-corrected chi connectivity index (χ2v) is 7.31. The number of rotatable bonds is 7. The summed E-state index contributed by atoms with van der Waals surface area (Å²) in [4.78, 5) is 12.1. The summed E-state index contributed by atoms with van der Waals surface area (Å²) >= 11 is 5.14. The molecule has 0 saturated heterocycles. The zero-order chi connectivity index (χ0) is 15.1. The van der Waals surface area contributed by atoms with Gasteiger partial charge in [-0.3, -0.25) is 4.79 Å². The van der Waals surface area contributed by atoms with Gasteiger partial charge in [-0.15, -0.1) is 0 Å². The van der Waals surface area contributed by atoms with Crippen LogP contribution in [0.2, 0.25) is 0 Å². The van der Waals surface area contributed by atoms with Gasteiger partial charge in [-0.1, -0.05) is 32.9 Å². The quantitative estimate of drug-likeness (QED) is 0.310. The number of carbonyl (C=O) groups is 1. The van der Waals surface area contributed by atoms with Gasteiger partial charge in [-0.25, -0.2) is 0 Å². The van der Waals surface area contributed by atoms with Crippen molar-refractivity contribution in [2.75, 3.05) is 13.7 Å². The Bertz CT molecular complexity index is 628. The maximum absolute atomic E-state index is 11.0. The molecule has 1 heterocycles. The Balaban J connectivity index is 1.78. The summed E-state index contributed by atoms with van der Waals surface area (Å²) in [6.07, 6.45) is 2.06. The SMILES string of the molecule is COC(=O)CCCCOc1ccc(-c2cc(=S)ss2)cc1. The molecule has 0 aliphatic heterocycles. The number of esters is 1. The van der Waals surface area contributed by atoms with Crippen LogP contribution < -0.4 is 4.74 Å². The summed E-state index contributed by atoms with van der Waals surface area (Å²) in [7, 11) is 4.71. The molecule has 1 aromatic carbocycles. The Morgan fingerprint density at radius 1 is 1.19 bits per heavy atom. The van der Waals surface area contributed by atoms with Crippen LogP contribution in [0.4, 0.5) is 0 Å². The molecule has 0 saturated carbocycles. The van der Waals surface area contributed by atoms with Gasteiger partial charge in [-0.05, 0) is 48.7 Å². The molecule has 0 amide bonds. The third kappa shape index (κ3) is 5.22. The van der Waals surface area contributed by atoms with E-state index in [0.717, 1.165) is 28.0 Å². The predicted molar refractivity (Wildman–Crippen MR) is 89.8 cm³/mol. The Labute approximate surface area is 136 Å². The normalized spacial score (nSPS) is 10.3. The van der Waals surface area contributed by atoms with Crippen molar-refractivity contribution in [1.29, 1.82) is 0 Å². The minimum atomic E-state index is -0.169. The summed E-state index contributed by atoms with van der Waals surface area (Å²) in [6.45, 7) is 0.605. The van der Waals surface area contributed by atoms with E-state index in [1.165, 1.54) is 12.0 Å². The van der Waals surface area contributed by atoms with Gasteiger partial charge in [-0.2, -0.15) is 0 Å². The Kier molecular flexibility index (Phi) is 6.35. The minimum absolute atomic E-state index is 0.169. The lowest BCUT2D eigenvalue weighted by atomic mass is 10.2. The largest absolute Gasteiger partial charge is 0.494 e. The van der Waals surface area contributed by atoms with Crippen LogP contribution in [0, 0.1) is 3.82 Å². The number of methoxy groups -OCH3 is 1. The van der Waals surface area contributed by atoms with Gasteiger partial charge in [0.15, 0.2) is 0 Å². The first-order chi connectivity index (χ1) is 10.2. The summed E-state index contributed by atoms with van der Waals surface area (Å²) in [5.74, 6) is 0.674. The van der Waals surface area contributed by atoms with E-state index in [2.05, 4.69) is 4.74 Å². The van der Waals surface area contributed by atoms with E-state index in [1.54, 1.807) is 20.7 Å². The summed E-state index contributed by atoms with van der Waals surface area (Å²) in [5, 5.41) is 0. The summed E-state index contributed by atoms with van der Waals surface area (Å²) in [6, 6.07) is 10.0. The highest BCUT2D eigenvalue weighted by Crippen LogP contribution is 2.30. The van der Waals surface area contributed by atoms with Gasteiger partial charge in [0, 0.05) is 11.3 Å². The molecule has 0 spiro atoms. The van der Waals surface area contributed by atoms with Crippen LogP contribution in [0.25, 0.3) is 10.4 Å². The van der Waals surface area contributed by atoms with E-state index in [9.17, 15) is 4.79 Å². The van der Waals surface area contributed by atoms with Gasteiger partial charge in [0.2, 0.25) is 0 Å². The molecule has 2 rings (SSSR count). The zero-order valence-corrected chi connectivity index (χ0v) is 14.1. The fraction of sp³-hybridized carbons (Fsp3) is 0.333. The average molecular weight is 340 g/mol. The van der Waals surface area contributed by atoms with E-state index in [4.69, 9.17) is 17.0 Å². The van der Waals surface area contributed by atoms with Crippen molar-refractivity contribution >= 4 is 38.9 Å². The van der Waals surface area contributed by atoms with E-state index in [1.807, 2.05) is 30.3 Å². The molecule has 0 N–H and O–H groups in total. The van der Waals surface area contributed by atoms with Crippen molar-refractivity contribution in [2.24, 2.45) is 0 Å². The lowest BCUT2D eigenvalue weighted by molar-refractivity contribution is -0.140. The molecule has 21 heavy (non-hydrogen) atoms. The number of benzene rings is 1. The van der Waals surface area contributed by atoms with Crippen molar-refractivity contribution in [1.82, 2.24) is 0 Å². The number of hydrogen-bond donors (Lipinski definition) is 0. The van der Waals surface area contributed by atoms with E-state index in [0.29, 0.717) is 13.0 Å². The van der Waals surface area contributed by atoms with Crippen molar-refractivity contribution in [3.05, 3.63) is 34.2 Å². The van der Waals surface area contributed by atoms with Crippen molar-refractivity contribution < 1.29 is 14.3 Å². The molecule has 0 aliphatic carbocycles. The number of ether oxygens (including phenoxy) is 2. The van der Waals surface area contributed by atoms with Crippen molar-refractivity contribution in [3.8, 4) is 16.2 Å². The zero-order valence-electron chi connectivity index (χ0n) is 11.7. The summed E-state index contributed by atoms with van der Waals surface area (Å²) in [5.41, 5.74) is 1.16. The first-order valence-electron chi connectivity index (χ1n) is 6.59. The third-order valence-corrected chi connectivity index (χ3v) is 5.78. The van der Waals surface area contributed by atoms with Crippen LogP contribution in [0.5, 0.6) is 5.75 Å². The predicted octanol–water partition coefficient (Wildman–Crippen LogP) is 4.93. The lowest BCUT2D eigenvalue weighted by Crippen LogP contribution is -2.02. The van der Waals surface area contributed by atoms with Crippen LogP contribution in [-0.2, 0) is 9.53 Å². The molecule has 1 aromatic heterocycles. The van der Waals surface area contributed by atoms with E-state index in [-0.39, 0.29) is 5.97 Å². The molecule has 0 aliphatic rings. The van der Waals surface area contributed by atoms with Crippen LogP contribution in [0.3, 0.4) is 0 Å². The van der Waals surface area contributed by atoms with Crippen LogP contribution >= 0.6 is 32.9 Å². The van der Waals surface area contributed by atoms with Gasteiger partial charge >= 0.3 is 5.97 Å². The number of carbonyl (C=O) groups excluding carboxylic acids is 1. The molecule has 0 unspecified atom stereocenters. The van der Waals surface area contributed by atoms with Gasteiger partial charge in [0.25, 0.3) is 0 Å². The highest BCUT2D eigenvalue weighted by molar-refractivity contribution is 7.80. The molecule has 112 valence electrons. The van der Waals surface area contributed by atoms with E-state index < -0.39 is 0 Å². The first kappa shape index (κ1) is 16.1. The molecule has 0 radical (unpaired) electrons. The number of hydrogen-bond acceptors (Lipinski definition) is 6. The van der Waals surface area contributed by atoms with Crippen molar-refractivity contribution in [3.63, 3.8) is 0 Å². The van der Waals surface area contributed by atoms with Crippen LogP contribution in [0.1, 0.15) is 19.3 Å². The highest BCUT2D eigenvalue weighted by atomic mass is 32.9. The smallest absolute Gasteiger partial charge is 0.305 e. The van der Waals surface area contributed by atoms with E-state index >= 15 is 0 Å². The van der Waals surface area contributed by atoms with Gasteiger partial charge < -0.3 is 9.47 Å². The molecular formula is C15H16O3S3. The Morgan fingerprint density at radius 3 is 2.57 bits per heavy atom. The monoisotopic (exact) mass is 340 g/mol. The van der Waals surface area contributed by atoms with Crippen LogP contribution in [0.15, 0.2) is 30.3 Å². The molecule has 0 bridgehead atoms. The standard InChI is InChI=1S/C15H16O3S3/c1-17-14(16)4-2-3-9-18-12-7-5-11(6-8-12)13-10-15(19)21-20-13/h5-8,10H,2-4,9H2,1H3. The second kappa shape index (κ2) is 8.26. The fourth-order valence-corrected chi connectivity index (χ4v) is 4.15. The molecule has 0 atom stereocenters. The third-order valence-electron chi connectivity index (χ3n) is 2.87. The maximum Gasteiger partial charge on any atom is 0.305 e. The Morgan fingerprint density at radius 2 is 1.95 bits per heavy atom. The maximum atomic E-state index is 11.0. The van der Waals surface area contributed by atoms with Crippen LogP contribution in [-0.4, -0.2) is 19.7 Å². The second-order valence-electron chi connectivity index (χ2n) is 4.40. The Hall–Kier alpha value is -1.24. The first-order valence-corrected chi connectivity index (χ1v) is 9.15. The number of unbranched alkanes of at least 4 members (excludes halogenated alkanes) is 1. The lowest BCUT2D eigenvalue weighted by Gasteiger charge is -2.06. The fourth-order valence-electron chi connectivity index (χ4n) is 1.75. The molecule has 3 nitrogen and oxygen atoms in total. The van der Waals surface area contributed by atoms with Gasteiger partial charge in [0.05, 0.1) is 13.7 Å². The topological polar surface area (TPSA) is 35.5 Å². The molecule has 0 fully saturated rings. The van der Waals surface area contributed by atoms with Gasteiger partial charge in [0.1, 0.15) is 9.57 Å². The minimum Gasteiger partial charge on any atom is -0.494 e. The average Bonchev–Trinajstić information content (AvgIpc) is 2.94. The highest BCUT2D eigenvalue weighted by Gasteiger charge is 2.02.